The highest BCUT2D eigenvalue weighted by Crippen LogP contribution is 2.37. The fourth-order valence-corrected chi connectivity index (χ4v) is 3.54. The van der Waals surface area contributed by atoms with Crippen LogP contribution >= 0.6 is 12.4 Å². The summed E-state index contributed by atoms with van der Waals surface area (Å²) in [5.41, 5.74) is 7.17. The average Bonchev–Trinajstić information content (AvgIpc) is 2.86. The Balaban J connectivity index is 0.00000133. The summed E-state index contributed by atoms with van der Waals surface area (Å²) in [6.45, 7) is 0.912. The highest BCUT2D eigenvalue weighted by atomic mass is 35.5. The molecule has 2 atom stereocenters. The standard InChI is InChI=1S/C15H20N2O.ClH/c16-13-7-1-5-12(10-13)15(18)17-9-3-6-11-4-2-8-14(11)17;/h1,5,7,10-11,14H,2-4,6,8-9,16H2;1H. The van der Waals surface area contributed by atoms with Gasteiger partial charge in [0.25, 0.3) is 5.91 Å². The number of nitrogens with zero attached hydrogens (tertiary/aromatic N) is 1. The number of benzene rings is 1. The Morgan fingerprint density at radius 1 is 1.21 bits per heavy atom. The van der Waals surface area contributed by atoms with Crippen molar-refractivity contribution >= 4 is 24.0 Å². The van der Waals surface area contributed by atoms with Gasteiger partial charge in [-0.25, -0.2) is 0 Å². The number of anilines is 1. The molecule has 1 heterocycles. The van der Waals surface area contributed by atoms with Crippen molar-refractivity contribution in [1.82, 2.24) is 4.90 Å². The lowest BCUT2D eigenvalue weighted by atomic mass is 9.91. The zero-order valence-corrected chi connectivity index (χ0v) is 11.9. The first kappa shape index (κ1) is 14.2. The van der Waals surface area contributed by atoms with Crippen LogP contribution in [0, 0.1) is 5.92 Å². The van der Waals surface area contributed by atoms with Crippen molar-refractivity contribution < 1.29 is 4.79 Å². The van der Waals surface area contributed by atoms with E-state index in [-0.39, 0.29) is 18.3 Å². The predicted octanol–water partition coefficient (Wildman–Crippen LogP) is 3.10. The van der Waals surface area contributed by atoms with Gasteiger partial charge >= 0.3 is 0 Å². The maximum Gasteiger partial charge on any atom is 0.254 e. The van der Waals surface area contributed by atoms with E-state index in [0.717, 1.165) is 24.4 Å². The molecule has 104 valence electrons. The molecule has 2 aliphatic rings. The van der Waals surface area contributed by atoms with Gasteiger partial charge in [0.05, 0.1) is 0 Å². The van der Waals surface area contributed by atoms with Crippen LogP contribution in [0.15, 0.2) is 24.3 Å². The first-order valence-electron chi connectivity index (χ1n) is 6.92. The maximum atomic E-state index is 12.6. The molecule has 1 saturated heterocycles. The molecule has 0 bridgehead atoms. The Morgan fingerprint density at radius 2 is 2.00 bits per heavy atom. The van der Waals surface area contributed by atoms with E-state index in [0.29, 0.717) is 11.7 Å². The van der Waals surface area contributed by atoms with Crippen LogP contribution in [0.1, 0.15) is 42.5 Å². The number of nitrogens with two attached hydrogens (primary N) is 1. The SMILES string of the molecule is Cl.Nc1cccc(C(=O)N2CCCC3CCCC32)c1. The molecule has 1 aliphatic heterocycles. The lowest BCUT2D eigenvalue weighted by Gasteiger charge is -2.37. The van der Waals surface area contributed by atoms with Gasteiger partial charge in [-0.05, 0) is 49.8 Å². The van der Waals surface area contributed by atoms with Gasteiger partial charge in [0.1, 0.15) is 0 Å². The molecule has 2 N–H and O–H groups in total. The lowest BCUT2D eigenvalue weighted by molar-refractivity contribution is 0.0548. The molecule has 1 amide bonds. The van der Waals surface area contributed by atoms with Crippen molar-refractivity contribution in [3.05, 3.63) is 29.8 Å². The minimum absolute atomic E-state index is 0. The third-order valence-electron chi connectivity index (χ3n) is 4.39. The van der Waals surface area contributed by atoms with Crippen LogP contribution in [-0.2, 0) is 0 Å². The molecular formula is C15H21ClN2O. The summed E-state index contributed by atoms with van der Waals surface area (Å²) in [6, 6.07) is 7.83. The van der Waals surface area contributed by atoms with Crippen LogP contribution in [0.25, 0.3) is 0 Å². The first-order chi connectivity index (χ1) is 8.75. The highest BCUT2D eigenvalue weighted by molar-refractivity contribution is 5.95. The summed E-state index contributed by atoms with van der Waals surface area (Å²) in [5, 5.41) is 0. The summed E-state index contributed by atoms with van der Waals surface area (Å²) in [6.07, 6.45) is 6.20. The van der Waals surface area contributed by atoms with E-state index in [4.69, 9.17) is 5.73 Å². The predicted molar refractivity (Wildman–Crippen MR) is 79.5 cm³/mol. The molecule has 1 aliphatic carbocycles. The first-order valence-corrected chi connectivity index (χ1v) is 6.92. The Hall–Kier alpha value is -1.22. The third kappa shape index (κ3) is 2.71. The second-order valence-electron chi connectivity index (χ2n) is 5.52. The maximum absolute atomic E-state index is 12.6. The molecule has 0 radical (unpaired) electrons. The van der Waals surface area contributed by atoms with E-state index in [1.165, 1.54) is 25.7 Å². The van der Waals surface area contributed by atoms with E-state index in [1.54, 1.807) is 6.07 Å². The van der Waals surface area contributed by atoms with Crippen molar-refractivity contribution in [2.24, 2.45) is 5.92 Å². The van der Waals surface area contributed by atoms with Gasteiger partial charge in [0, 0.05) is 23.8 Å². The van der Waals surface area contributed by atoms with Crippen LogP contribution in [0.2, 0.25) is 0 Å². The number of carbonyl (C=O) groups is 1. The fraction of sp³-hybridized carbons (Fsp3) is 0.533. The number of likely N-dealkylation sites (tertiary alicyclic amines) is 1. The van der Waals surface area contributed by atoms with Gasteiger partial charge in [-0.1, -0.05) is 12.5 Å². The van der Waals surface area contributed by atoms with Crippen LogP contribution < -0.4 is 5.73 Å². The minimum atomic E-state index is 0. The molecule has 1 saturated carbocycles. The van der Waals surface area contributed by atoms with Crippen molar-refractivity contribution in [3.8, 4) is 0 Å². The van der Waals surface area contributed by atoms with Gasteiger partial charge in [-0.15, -0.1) is 12.4 Å². The van der Waals surface area contributed by atoms with Crippen molar-refractivity contribution in [3.63, 3.8) is 0 Å². The van der Waals surface area contributed by atoms with E-state index in [2.05, 4.69) is 4.90 Å². The smallest absolute Gasteiger partial charge is 0.254 e. The third-order valence-corrected chi connectivity index (χ3v) is 4.39. The number of rotatable bonds is 1. The zero-order chi connectivity index (χ0) is 12.5. The summed E-state index contributed by atoms with van der Waals surface area (Å²) in [5.74, 6) is 0.905. The Morgan fingerprint density at radius 3 is 2.79 bits per heavy atom. The van der Waals surface area contributed by atoms with Crippen LogP contribution in [0.5, 0.6) is 0 Å². The molecule has 0 spiro atoms. The quantitative estimate of drug-likeness (QED) is 0.804. The molecule has 1 aromatic rings. The molecular weight excluding hydrogens is 260 g/mol. The highest BCUT2D eigenvalue weighted by Gasteiger charge is 2.37. The van der Waals surface area contributed by atoms with E-state index in [9.17, 15) is 4.79 Å². The number of hydrogen-bond acceptors (Lipinski definition) is 2. The molecule has 3 rings (SSSR count). The molecule has 0 aromatic heterocycles. The largest absolute Gasteiger partial charge is 0.399 e. The number of carbonyl (C=O) groups excluding carboxylic acids is 1. The number of fused-ring (bicyclic) bond motifs is 1. The molecule has 19 heavy (non-hydrogen) atoms. The van der Waals surface area contributed by atoms with E-state index >= 15 is 0 Å². The number of hydrogen-bond donors (Lipinski definition) is 1. The lowest BCUT2D eigenvalue weighted by Crippen LogP contribution is -2.46. The summed E-state index contributed by atoms with van der Waals surface area (Å²) >= 11 is 0. The van der Waals surface area contributed by atoms with Crippen molar-refractivity contribution in [2.45, 2.75) is 38.1 Å². The molecule has 4 heteroatoms. The Kier molecular flexibility index (Phi) is 4.35. The number of nitrogen functional groups attached to an aromatic ring is 1. The molecule has 1 aromatic carbocycles. The Bertz CT molecular complexity index is 463. The molecule has 2 fully saturated rings. The second-order valence-corrected chi connectivity index (χ2v) is 5.52. The minimum Gasteiger partial charge on any atom is -0.399 e. The van der Waals surface area contributed by atoms with Gasteiger partial charge in [-0.3, -0.25) is 4.79 Å². The van der Waals surface area contributed by atoms with E-state index in [1.807, 2.05) is 18.2 Å². The number of amides is 1. The average molecular weight is 281 g/mol. The normalized spacial score (nSPS) is 25.6. The summed E-state index contributed by atoms with van der Waals surface area (Å²) < 4.78 is 0. The number of piperidine rings is 1. The zero-order valence-electron chi connectivity index (χ0n) is 11.0. The summed E-state index contributed by atoms with van der Waals surface area (Å²) in [7, 11) is 0. The van der Waals surface area contributed by atoms with Gasteiger partial charge < -0.3 is 10.6 Å². The van der Waals surface area contributed by atoms with Crippen molar-refractivity contribution in [1.29, 1.82) is 0 Å². The van der Waals surface area contributed by atoms with Crippen molar-refractivity contribution in [2.75, 3.05) is 12.3 Å². The monoisotopic (exact) mass is 280 g/mol. The van der Waals surface area contributed by atoms with Gasteiger partial charge in [0.2, 0.25) is 0 Å². The molecule has 2 unspecified atom stereocenters. The summed E-state index contributed by atoms with van der Waals surface area (Å²) in [4.78, 5) is 14.7. The van der Waals surface area contributed by atoms with Gasteiger partial charge in [-0.2, -0.15) is 0 Å². The van der Waals surface area contributed by atoms with Gasteiger partial charge in [0.15, 0.2) is 0 Å². The Labute approximate surface area is 120 Å². The molecule has 3 nitrogen and oxygen atoms in total. The van der Waals surface area contributed by atoms with E-state index < -0.39 is 0 Å². The van der Waals surface area contributed by atoms with Crippen LogP contribution in [-0.4, -0.2) is 23.4 Å². The van der Waals surface area contributed by atoms with Crippen LogP contribution in [0.3, 0.4) is 0 Å². The fourth-order valence-electron chi connectivity index (χ4n) is 3.54. The second kappa shape index (κ2) is 5.83. The topological polar surface area (TPSA) is 46.3 Å². The van der Waals surface area contributed by atoms with Crippen LogP contribution in [0.4, 0.5) is 5.69 Å². The number of halogens is 1.